The van der Waals surface area contributed by atoms with Crippen LogP contribution in [0.2, 0.25) is 0 Å². The summed E-state index contributed by atoms with van der Waals surface area (Å²) in [5.41, 5.74) is -1.31. The standard InChI is InChI=1S/C19H32O8/c1-11(21)5-6-19-16(2,3)7-12(8-17(19,4)27-19)25-15-14(22)18(23,24)9-13(10-20)26-15/h5-6,11-15,20-24H,7-10H2,1-4H3. The lowest BCUT2D eigenvalue weighted by Crippen LogP contribution is -2.60. The quantitative estimate of drug-likeness (QED) is 0.249. The molecule has 0 aromatic carbocycles. The van der Waals surface area contributed by atoms with E-state index in [-0.39, 0.29) is 17.9 Å². The molecule has 0 spiro atoms. The molecule has 0 aromatic heterocycles. The van der Waals surface area contributed by atoms with Crippen LogP contribution < -0.4 is 0 Å². The third-order valence-corrected chi connectivity index (χ3v) is 6.22. The molecule has 8 heteroatoms. The molecule has 1 saturated carbocycles. The minimum Gasteiger partial charge on any atom is -0.394 e. The molecule has 0 amide bonds. The maximum absolute atomic E-state index is 10.2. The van der Waals surface area contributed by atoms with E-state index in [0.717, 1.165) is 0 Å². The zero-order chi connectivity index (χ0) is 20.3. The molecule has 0 radical (unpaired) electrons. The van der Waals surface area contributed by atoms with Crippen molar-refractivity contribution in [2.75, 3.05) is 6.61 Å². The zero-order valence-corrected chi connectivity index (χ0v) is 16.3. The van der Waals surface area contributed by atoms with E-state index in [1.165, 1.54) is 0 Å². The second-order valence-electron chi connectivity index (χ2n) is 9.06. The van der Waals surface area contributed by atoms with Crippen molar-refractivity contribution < 1.29 is 39.7 Å². The van der Waals surface area contributed by atoms with E-state index >= 15 is 0 Å². The molecule has 2 heterocycles. The zero-order valence-electron chi connectivity index (χ0n) is 16.3. The van der Waals surface area contributed by atoms with Crippen molar-refractivity contribution >= 4 is 0 Å². The number of hydrogen-bond acceptors (Lipinski definition) is 8. The summed E-state index contributed by atoms with van der Waals surface area (Å²) in [6.45, 7) is 7.37. The van der Waals surface area contributed by atoms with Crippen LogP contribution in [0.25, 0.3) is 0 Å². The minimum absolute atomic E-state index is 0.297. The Morgan fingerprint density at radius 2 is 1.85 bits per heavy atom. The number of hydrogen-bond donors (Lipinski definition) is 5. The van der Waals surface area contributed by atoms with E-state index < -0.39 is 48.2 Å². The summed E-state index contributed by atoms with van der Waals surface area (Å²) in [6.07, 6.45) is -0.163. The smallest absolute Gasteiger partial charge is 0.197 e. The Morgan fingerprint density at radius 1 is 1.19 bits per heavy atom. The van der Waals surface area contributed by atoms with Crippen molar-refractivity contribution in [3.05, 3.63) is 12.2 Å². The molecule has 2 aliphatic heterocycles. The van der Waals surface area contributed by atoms with Gasteiger partial charge in [0.15, 0.2) is 18.2 Å². The van der Waals surface area contributed by atoms with Crippen LogP contribution in [0.4, 0.5) is 0 Å². The third-order valence-electron chi connectivity index (χ3n) is 6.22. The van der Waals surface area contributed by atoms with Gasteiger partial charge in [-0.15, -0.1) is 0 Å². The van der Waals surface area contributed by atoms with Gasteiger partial charge in [0.05, 0.1) is 24.9 Å². The molecular weight excluding hydrogens is 356 g/mol. The van der Waals surface area contributed by atoms with E-state index in [2.05, 4.69) is 13.8 Å². The van der Waals surface area contributed by atoms with Gasteiger partial charge in [-0.1, -0.05) is 26.0 Å². The number of aliphatic hydroxyl groups excluding tert-OH is 3. The van der Waals surface area contributed by atoms with Crippen LogP contribution in [0.3, 0.4) is 0 Å². The molecule has 7 atom stereocenters. The van der Waals surface area contributed by atoms with Gasteiger partial charge in [0.1, 0.15) is 11.2 Å². The van der Waals surface area contributed by atoms with Crippen LogP contribution in [0.1, 0.15) is 47.0 Å². The predicted molar refractivity (Wildman–Crippen MR) is 94.5 cm³/mol. The van der Waals surface area contributed by atoms with Gasteiger partial charge in [0, 0.05) is 18.3 Å². The molecule has 0 aromatic rings. The van der Waals surface area contributed by atoms with E-state index in [4.69, 9.17) is 14.2 Å². The Labute approximate surface area is 159 Å². The second-order valence-corrected chi connectivity index (χ2v) is 9.06. The SMILES string of the molecule is CC(O)C=CC12OC1(C)CC(OC1OC(CO)CC(O)(O)C1O)CC2(C)C. The number of epoxide rings is 1. The van der Waals surface area contributed by atoms with E-state index in [9.17, 15) is 25.5 Å². The summed E-state index contributed by atoms with van der Waals surface area (Å²) in [7, 11) is 0. The summed E-state index contributed by atoms with van der Waals surface area (Å²) < 4.78 is 17.6. The Balaban J connectivity index is 1.74. The molecule has 27 heavy (non-hydrogen) atoms. The van der Waals surface area contributed by atoms with Gasteiger partial charge in [-0.25, -0.2) is 0 Å². The molecule has 3 fully saturated rings. The summed E-state index contributed by atoms with van der Waals surface area (Å²) in [4.78, 5) is 0. The van der Waals surface area contributed by atoms with Crippen LogP contribution in [-0.4, -0.2) is 79.8 Å². The highest BCUT2D eigenvalue weighted by Crippen LogP contribution is 2.66. The van der Waals surface area contributed by atoms with Crippen molar-refractivity contribution in [2.45, 2.75) is 94.7 Å². The molecule has 3 aliphatic rings. The molecule has 1 aliphatic carbocycles. The van der Waals surface area contributed by atoms with Gasteiger partial charge in [-0.2, -0.15) is 0 Å². The highest BCUT2D eigenvalue weighted by molar-refractivity contribution is 5.32. The number of rotatable bonds is 5. The van der Waals surface area contributed by atoms with Gasteiger partial charge in [-0.3, -0.25) is 0 Å². The molecule has 156 valence electrons. The van der Waals surface area contributed by atoms with Crippen molar-refractivity contribution in [1.82, 2.24) is 0 Å². The van der Waals surface area contributed by atoms with E-state index in [0.29, 0.717) is 12.8 Å². The van der Waals surface area contributed by atoms with Crippen LogP contribution in [-0.2, 0) is 14.2 Å². The number of fused-ring (bicyclic) bond motifs is 1. The first kappa shape index (κ1) is 21.1. The van der Waals surface area contributed by atoms with Crippen molar-refractivity contribution in [2.24, 2.45) is 5.41 Å². The van der Waals surface area contributed by atoms with Gasteiger partial charge >= 0.3 is 0 Å². The third kappa shape index (κ3) is 3.58. The van der Waals surface area contributed by atoms with Crippen molar-refractivity contribution in [1.29, 1.82) is 0 Å². The average Bonchev–Trinajstić information content (AvgIpc) is 3.16. The second kappa shape index (κ2) is 6.74. The van der Waals surface area contributed by atoms with Crippen molar-refractivity contribution in [3.8, 4) is 0 Å². The molecular formula is C19H32O8. The Bertz CT molecular complexity index is 588. The fourth-order valence-electron chi connectivity index (χ4n) is 4.80. The number of ether oxygens (including phenoxy) is 3. The first-order chi connectivity index (χ1) is 12.4. The minimum atomic E-state index is -2.38. The number of aliphatic hydroxyl groups is 5. The van der Waals surface area contributed by atoms with Crippen LogP contribution in [0.15, 0.2) is 12.2 Å². The molecule has 2 saturated heterocycles. The Kier molecular flexibility index (Phi) is 5.28. The lowest BCUT2D eigenvalue weighted by Gasteiger charge is -2.45. The van der Waals surface area contributed by atoms with Gasteiger partial charge in [0.2, 0.25) is 0 Å². The first-order valence-corrected chi connectivity index (χ1v) is 9.48. The topological polar surface area (TPSA) is 132 Å². The Hall–Kier alpha value is -0.580. The molecule has 7 unspecified atom stereocenters. The summed E-state index contributed by atoms with van der Waals surface area (Å²) in [5, 5.41) is 49.1. The van der Waals surface area contributed by atoms with Crippen LogP contribution in [0, 0.1) is 5.41 Å². The van der Waals surface area contributed by atoms with Gasteiger partial charge in [-0.05, 0) is 20.3 Å². The summed E-state index contributed by atoms with van der Waals surface area (Å²) in [6, 6.07) is 0. The summed E-state index contributed by atoms with van der Waals surface area (Å²) >= 11 is 0. The normalized spacial score (nSPS) is 46.9. The fraction of sp³-hybridized carbons (Fsp3) is 0.895. The Morgan fingerprint density at radius 3 is 2.41 bits per heavy atom. The lowest BCUT2D eigenvalue weighted by atomic mass is 9.63. The lowest BCUT2D eigenvalue weighted by molar-refractivity contribution is -0.361. The predicted octanol–water partition coefficient (Wildman–Crippen LogP) is -0.195. The highest BCUT2D eigenvalue weighted by atomic mass is 16.7. The largest absolute Gasteiger partial charge is 0.394 e. The summed E-state index contributed by atoms with van der Waals surface area (Å²) in [5.74, 6) is -2.38. The van der Waals surface area contributed by atoms with Gasteiger partial charge in [0.25, 0.3) is 0 Å². The molecule has 8 nitrogen and oxygen atoms in total. The molecule has 5 N–H and O–H groups in total. The van der Waals surface area contributed by atoms with Gasteiger partial charge < -0.3 is 39.7 Å². The monoisotopic (exact) mass is 388 g/mol. The van der Waals surface area contributed by atoms with Crippen LogP contribution >= 0.6 is 0 Å². The van der Waals surface area contributed by atoms with Crippen LogP contribution in [0.5, 0.6) is 0 Å². The fourth-order valence-corrected chi connectivity index (χ4v) is 4.80. The first-order valence-electron chi connectivity index (χ1n) is 9.48. The van der Waals surface area contributed by atoms with Crippen molar-refractivity contribution in [3.63, 3.8) is 0 Å². The molecule has 0 bridgehead atoms. The van der Waals surface area contributed by atoms with E-state index in [1.807, 2.05) is 13.0 Å². The highest BCUT2D eigenvalue weighted by Gasteiger charge is 2.75. The van der Waals surface area contributed by atoms with E-state index in [1.54, 1.807) is 13.0 Å². The maximum Gasteiger partial charge on any atom is 0.197 e. The average molecular weight is 388 g/mol. The molecule has 3 rings (SSSR count). The maximum atomic E-state index is 10.2.